The van der Waals surface area contributed by atoms with E-state index >= 15 is 0 Å². The van der Waals surface area contributed by atoms with Crippen LogP contribution < -0.4 is 4.90 Å². The van der Waals surface area contributed by atoms with E-state index in [4.69, 9.17) is 0 Å². The summed E-state index contributed by atoms with van der Waals surface area (Å²) in [6, 6.07) is 72.5. The molecule has 0 aliphatic heterocycles. The molecule has 1 heterocycles. The summed E-state index contributed by atoms with van der Waals surface area (Å²) in [6.07, 6.45) is 4.42. The Hall–Kier alpha value is -6.90. The molecular formula is C52H38N2. The van der Waals surface area contributed by atoms with Crippen LogP contribution in [-0.4, -0.2) is 4.57 Å². The van der Waals surface area contributed by atoms with E-state index in [0.29, 0.717) is 0 Å². The van der Waals surface area contributed by atoms with Gasteiger partial charge >= 0.3 is 0 Å². The van der Waals surface area contributed by atoms with Crippen molar-refractivity contribution < 1.29 is 0 Å². The molecule has 256 valence electrons. The highest BCUT2D eigenvalue weighted by atomic mass is 15.1. The van der Waals surface area contributed by atoms with Crippen LogP contribution in [0.5, 0.6) is 0 Å². The Morgan fingerprint density at radius 2 is 0.907 bits per heavy atom. The Balaban J connectivity index is 1.01. The predicted octanol–water partition coefficient (Wildman–Crippen LogP) is 14.1. The van der Waals surface area contributed by atoms with Gasteiger partial charge in [-0.25, -0.2) is 0 Å². The van der Waals surface area contributed by atoms with Gasteiger partial charge in [-0.2, -0.15) is 0 Å². The number of fused-ring (bicyclic) bond motifs is 4. The lowest BCUT2D eigenvalue weighted by atomic mass is 9.91. The van der Waals surface area contributed by atoms with Gasteiger partial charge in [0.25, 0.3) is 0 Å². The topological polar surface area (TPSA) is 8.17 Å². The molecular weight excluding hydrogens is 653 g/mol. The Bertz CT molecular complexity index is 2770. The SMILES string of the molecule is C1=C(c2ccc(N(c3ccc(-c4ccccc4)cc3)c3ccc(-c4ccc5ccccc5c4)cc3)cc2)CCc2c1c1ccccc1n2-c1ccccc1. The maximum absolute atomic E-state index is 2.45. The van der Waals surface area contributed by atoms with Crippen molar-refractivity contribution in [2.75, 3.05) is 4.90 Å². The van der Waals surface area contributed by atoms with Crippen molar-refractivity contribution in [1.82, 2.24) is 4.57 Å². The summed E-state index contributed by atoms with van der Waals surface area (Å²) in [6.45, 7) is 0. The van der Waals surface area contributed by atoms with E-state index in [1.54, 1.807) is 0 Å². The van der Waals surface area contributed by atoms with Crippen LogP contribution in [0.15, 0.2) is 200 Å². The number of rotatable bonds is 7. The van der Waals surface area contributed by atoms with Gasteiger partial charge in [-0.15, -0.1) is 0 Å². The maximum atomic E-state index is 2.45. The third kappa shape index (κ3) is 5.79. The molecule has 0 spiro atoms. The molecule has 0 bridgehead atoms. The molecule has 1 aliphatic carbocycles. The van der Waals surface area contributed by atoms with E-state index in [0.717, 1.165) is 29.9 Å². The molecule has 54 heavy (non-hydrogen) atoms. The van der Waals surface area contributed by atoms with Crippen LogP contribution in [0, 0.1) is 0 Å². The van der Waals surface area contributed by atoms with Crippen LogP contribution in [0.3, 0.4) is 0 Å². The molecule has 0 amide bonds. The molecule has 2 nitrogen and oxygen atoms in total. The van der Waals surface area contributed by atoms with E-state index < -0.39 is 0 Å². The van der Waals surface area contributed by atoms with Crippen molar-refractivity contribution in [1.29, 1.82) is 0 Å². The standard InChI is InChI=1S/C52H38N2/c1-3-11-37(12-4-1)39-21-28-46(29-22-39)53(47-30-23-40(24-31-47)43-20-19-38-13-7-8-14-42(38)35-43)48-32-25-41(26-33-48)44-27-34-52-50(36-44)49-17-9-10-18-51(49)54(52)45-15-5-2-6-16-45/h1-26,28-33,35-36H,27,34H2. The van der Waals surface area contributed by atoms with Crippen LogP contribution >= 0.6 is 0 Å². The molecule has 0 N–H and O–H groups in total. The summed E-state index contributed by atoms with van der Waals surface area (Å²) in [4.78, 5) is 2.36. The molecule has 0 atom stereocenters. The first-order valence-electron chi connectivity index (χ1n) is 18.8. The summed E-state index contributed by atoms with van der Waals surface area (Å²) in [7, 11) is 0. The molecule has 0 saturated heterocycles. The lowest BCUT2D eigenvalue weighted by Gasteiger charge is -2.26. The normalized spacial score (nSPS) is 12.4. The summed E-state index contributed by atoms with van der Waals surface area (Å²) in [5.41, 5.74) is 16.1. The molecule has 1 aromatic heterocycles. The molecule has 0 unspecified atom stereocenters. The average Bonchev–Trinajstić information content (AvgIpc) is 3.59. The fourth-order valence-electron chi connectivity index (χ4n) is 8.20. The van der Waals surface area contributed by atoms with Crippen molar-refractivity contribution in [3.63, 3.8) is 0 Å². The smallest absolute Gasteiger partial charge is 0.0537 e. The van der Waals surface area contributed by atoms with Gasteiger partial charge in [0.05, 0.1) is 5.52 Å². The lowest BCUT2D eigenvalue weighted by Crippen LogP contribution is -2.10. The number of aromatic nitrogens is 1. The molecule has 9 aromatic rings. The Kier molecular flexibility index (Phi) is 8.00. The monoisotopic (exact) mass is 690 g/mol. The van der Waals surface area contributed by atoms with Crippen LogP contribution in [0.4, 0.5) is 17.1 Å². The first kappa shape index (κ1) is 31.8. The summed E-state index contributed by atoms with van der Waals surface area (Å²) in [5.74, 6) is 0. The number of benzene rings is 8. The first-order chi connectivity index (χ1) is 26.8. The Morgan fingerprint density at radius 1 is 0.389 bits per heavy atom. The predicted molar refractivity (Wildman–Crippen MR) is 229 cm³/mol. The van der Waals surface area contributed by atoms with Gasteiger partial charge in [0.15, 0.2) is 0 Å². The molecule has 0 saturated carbocycles. The molecule has 1 aliphatic rings. The average molecular weight is 691 g/mol. The Morgan fingerprint density at radius 3 is 1.59 bits per heavy atom. The van der Waals surface area contributed by atoms with Crippen LogP contribution in [0.2, 0.25) is 0 Å². The quantitative estimate of drug-likeness (QED) is 0.162. The van der Waals surface area contributed by atoms with Gasteiger partial charge in [0.1, 0.15) is 0 Å². The highest BCUT2D eigenvalue weighted by Gasteiger charge is 2.22. The van der Waals surface area contributed by atoms with Gasteiger partial charge in [-0.3, -0.25) is 0 Å². The largest absolute Gasteiger partial charge is 0.313 e. The van der Waals surface area contributed by atoms with Gasteiger partial charge in [0.2, 0.25) is 0 Å². The van der Waals surface area contributed by atoms with E-state index in [9.17, 15) is 0 Å². The lowest BCUT2D eigenvalue weighted by molar-refractivity contribution is 0.898. The van der Waals surface area contributed by atoms with Crippen LogP contribution in [0.1, 0.15) is 23.2 Å². The molecule has 10 rings (SSSR count). The number of allylic oxidation sites excluding steroid dienone is 1. The second-order valence-corrected chi connectivity index (χ2v) is 14.1. The van der Waals surface area contributed by atoms with Gasteiger partial charge in [-0.1, -0.05) is 140 Å². The number of nitrogens with zero attached hydrogens (tertiary/aromatic N) is 2. The Labute approximate surface area is 316 Å². The van der Waals surface area contributed by atoms with Gasteiger partial charge in [0, 0.05) is 39.4 Å². The number of hydrogen-bond donors (Lipinski definition) is 0. The van der Waals surface area contributed by atoms with Gasteiger partial charge < -0.3 is 9.47 Å². The molecule has 0 fully saturated rings. The summed E-state index contributed by atoms with van der Waals surface area (Å²) in [5, 5.41) is 3.82. The van der Waals surface area contributed by atoms with Crippen molar-refractivity contribution in [3.8, 4) is 27.9 Å². The van der Waals surface area contributed by atoms with E-state index in [1.165, 1.54) is 72.0 Å². The van der Waals surface area contributed by atoms with Crippen molar-refractivity contribution in [3.05, 3.63) is 217 Å². The van der Waals surface area contributed by atoms with E-state index in [-0.39, 0.29) is 0 Å². The molecule has 2 heteroatoms. The minimum atomic E-state index is 0.996. The highest BCUT2D eigenvalue weighted by Crippen LogP contribution is 2.41. The zero-order valence-corrected chi connectivity index (χ0v) is 29.9. The minimum absolute atomic E-state index is 0.996. The molecule has 8 aromatic carbocycles. The van der Waals surface area contributed by atoms with E-state index in [1.807, 2.05) is 0 Å². The third-order valence-electron chi connectivity index (χ3n) is 10.9. The summed E-state index contributed by atoms with van der Waals surface area (Å²) >= 11 is 0. The van der Waals surface area contributed by atoms with Crippen LogP contribution in [0.25, 0.3) is 61.3 Å². The van der Waals surface area contributed by atoms with Crippen molar-refractivity contribution in [2.24, 2.45) is 0 Å². The zero-order valence-electron chi connectivity index (χ0n) is 29.9. The van der Waals surface area contributed by atoms with E-state index in [2.05, 4.69) is 216 Å². The minimum Gasteiger partial charge on any atom is -0.313 e. The highest BCUT2D eigenvalue weighted by molar-refractivity contribution is 5.99. The number of anilines is 3. The maximum Gasteiger partial charge on any atom is 0.0537 e. The van der Waals surface area contributed by atoms with Gasteiger partial charge in [-0.05, 0) is 124 Å². The molecule has 0 radical (unpaired) electrons. The first-order valence-corrected chi connectivity index (χ1v) is 18.8. The van der Waals surface area contributed by atoms with Crippen molar-refractivity contribution >= 4 is 50.4 Å². The second-order valence-electron chi connectivity index (χ2n) is 14.1. The third-order valence-corrected chi connectivity index (χ3v) is 10.9. The zero-order chi connectivity index (χ0) is 35.8. The summed E-state index contributed by atoms with van der Waals surface area (Å²) < 4.78 is 2.45. The fourth-order valence-corrected chi connectivity index (χ4v) is 8.20. The number of para-hydroxylation sites is 2. The van der Waals surface area contributed by atoms with Crippen molar-refractivity contribution in [2.45, 2.75) is 12.8 Å². The van der Waals surface area contributed by atoms with Crippen LogP contribution in [-0.2, 0) is 6.42 Å². The number of hydrogen-bond acceptors (Lipinski definition) is 1. The fraction of sp³-hybridized carbons (Fsp3) is 0.0385. The second kappa shape index (κ2) is 13.6.